The Labute approximate surface area is 129 Å². The largest absolute Gasteiger partial charge is 0.363 e. The monoisotopic (exact) mass is 300 g/mol. The Bertz CT molecular complexity index is 689. The van der Waals surface area contributed by atoms with Crippen LogP contribution in [0.15, 0.2) is 18.5 Å². The van der Waals surface area contributed by atoms with Gasteiger partial charge in [0.15, 0.2) is 5.69 Å². The third-order valence-electron chi connectivity index (χ3n) is 3.69. The minimum Gasteiger partial charge on any atom is -0.363 e. The molecule has 0 aliphatic heterocycles. The molecule has 0 saturated heterocycles. The van der Waals surface area contributed by atoms with Gasteiger partial charge in [-0.2, -0.15) is 5.10 Å². The van der Waals surface area contributed by atoms with Gasteiger partial charge >= 0.3 is 0 Å². The molecule has 2 heterocycles. The van der Waals surface area contributed by atoms with Crippen LogP contribution in [0.25, 0.3) is 0 Å². The maximum absolute atomic E-state index is 12.4. The predicted octanol–water partition coefficient (Wildman–Crippen LogP) is 1.89. The standard InChI is InChI=1S/C15H20N6O/c1-4-21-12(10-5-6-10)7-11(19-21)15(22)18-13-8-14(20(2)3)17-9-16-13/h7-10H,4-6H2,1-3H3,(H,16,17,18,22). The van der Waals surface area contributed by atoms with E-state index in [9.17, 15) is 4.79 Å². The van der Waals surface area contributed by atoms with Crippen LogP contribution in [-0.2, 0) is 6.54 Å². The third kappa shape index (κ3) is 2.93. The van der Waals surface area contributed by atoms with Gasteiger partial charge in [-0.15, -0.1) is 0 Å². The van der Waals surface area contributed by atoms with Crippen LogP contribution in [0.1, 0.15) is 41.9 Å². The molecule has 1 saturated carbocycles. The van der Waals surface area contributed by atoms with Crippen molar-refractivity contribution in [1.29, 1.82) is 0 Å². The number of hydrogen-bond acceptors (Lipinski definition) is 5. The summed E-state index contributed by atoms with van der Waals surface area (Å²) in [5, 5.41) is 7.18. The van der Waals surface area contributed by atoms with Crippen LogP contribution < -0.4 is 10.2 Å². The molecule has 2 aromatic rings. The molecular weight excluding hydrogens is 280 g/mol. The Hall–Kier alpha value is -2.44. The highest BCUT2D eigenvalue weighted by atomic mass is 16.2. The molecule has 0 bridgehead atoms. The molecule has 22 heavy (non-hydrogen) atoms. The van der Waals surface area contributed by atoms with Crippen LogP contribution in [0.4, 0.5) is 11.6 Å². The fourth-order valence-electron chi connectivity index (χ4n) is 2.34. The summed E-state index contributed by atoms with van der Waals surface area (Å²) in [5.74, 6) is 1.54. The molecule has 0 spiro atoms. The molecule has 1 N–H and O–H groups in total. The van der Waals surface area contributed by atoms with Gasteiger partial charge in [-0.3, -0.25) is 9.48 Å². The average molecular weight is 300 g/mol. The molecule has 7 heteroatoms. The lowest BCUT2D eigenvalue weighted by Crippen LogP contribution is -2.16. The third-order valence-corrected chi connectivity index (χ3v) is 3.69. The number of aromatic nitrogens is 4. The molecule has 0 aromatic carbocycles. The first-order chi connectivity index (χ1) is 10.6. The fourth-order valence-corrected chi connectivity index (χ4v) is 2.34. The number of amides is 1. The molecule has 116 valence electrons. The minimum absolute atomic E-state index is 0.238. The van der Waals surface area contributed by atoms with Gasteiger partial charge in [0.25, 0.3) is 5.91 Å². The Morgan fingerprint density at radius 2 is 2.14 bits per heavy atom. The summed E-state index contributed by atoms with van der Waals surface area (Å²) in [5.41, 5.74) is 1.60. The van der Waals surface area contributed by atoms with E-state index in [1.54, 1.807) is 6.07 Å². The first kappa shape index (κ1) is 14.5. The summed E-state index contributed by atoms with van der Waals surface area (Å²) in [6.07, 6.45) is 3.81. The van der Waals surface area contributed by atoms with E-state index in [2.05, 4.69) is 20.4 Å². The SMILES string of the molecule is CCn1nc(C(=O)Nc2cc(N(C)C)ncn2)cc1C1CC1. The van der Waals surface area contributed by atoms with Crippen molar-refractivity contribution in [2.75, 3.05) is 24.3 Å². The van der Waals surface area contributed by atoms with Crippen LogP contribution >= 0.6 is 0 Å². The normalized spacial score (nSPS) is 14.0. The van der Waals surface area contributed by atoms with Crippen molar-refractivity contribution in [2.24, 2.45) is 0 Å². The van der Waals surface area contributed by atoms with Crippen molar-refractivity contribution in [1.82, 2.24) is 19.7 Å². The van der Waals surface area contributed by atoms with Gasteiger partial charge in [0.2, 0.25) is 0 Å². The van der Waals surface area contributed by atoms with Gasteiger partial charge in [-0.1, -0.05) is 0 Å². The van der Waals surface area contributed by atoms with Crippen LogP contribution in [0, 0.1) is 0 Å². The van der Waals surface area contributed by atoms with Crippen molar-refractivity contribution in [3.8, 4) is 0 Å². The molecule has 0 radical (unpaired) electrons. The van der Waals surface area contributed by atoms with Crippen LogP contribution in [0.2, 0.25) is 0 Å². The first-order valence-corrected chi connectivity index (χ1v) is 7.47. The zero-order valence-corrected chi connectivity index (χ0v) is 13.1. The zero-order chi connectivity index (χ0) is 15.7. The van der Waals surface area contributed by atoms with Crippen LogP contribution in [-0.4, -0.2) is 39.8 Å². The molecule has 3 rings (SSSR count). The van der Waals surface area contributed by atoms with E-state index in [1.807, 2.05) is 36.7 Å². The van der Waals surface area contributed by atoms with Crippen molar-refractivity contribution in [3.05, 3.63) is 29.8 Å². The number of nitrogens with one attached hydrogen (secondary N) is 1. The number of carbonyl (C=O) groups excluding carboxylic acids is 1. The Morgan fingerprint density at radius 3 is 2.77 bits per heavy atom. The number of aryl methyl sites for hydroxylation is 1. The lowest BCUT2D eigenvalue weighted by atomic mass is 10.2. The smallest absolute Gasteiger partial charge is 0.277 e. The van der Waals surface area contributed by atoms with E-state index >= 15 is 0 Å². The van der Waals surface area contributed by atoms with E-state index in [0.717, 1.165) is 18.1 Å². The van der Waals surface area contributed by atoms with Crippen molar-refractivity contribution in [3.63, 3.8) is 0 Å². The molecule has 7 nitrogen and oxygen atoms in total. The van der Waals surface area contributed by atoms with Gasteiger partial charge in [0.1, 0.15) is 18.0 Å². The van der Waals surface area contributed by atoms with E-state index in [1.165, 1.54) is 19.2 Å². The number of hydrogen-bond donors (Lipinski definition) is 1. The molecular formula is C15H20N6O. The molecule has 1 aliphatic rings. The van der Waals surface area contributed by atoms with Gasteiger partial charge < -0.3 is 10.2 Å². The summed E-state index contributed by atoms with van der Waals surface area (Å²) in [6, 6.07) is 3.63. The lowest BCUT2D eigenvalue weighted by molar-refractivity contribution is 0.102. The predicted molar refractivity (Wildman–Crippen MR) is 84.2 cm³/mol. The van der Waals surface area contributed by atoms with E-state index in [4.69, 9.17) is 0 Å². The van der Waals surface area contributed by atoms with Crippen molar-refractivity contribution in [2.45, 2.75) is 32.2 Å². The quantitative estimate of drug-likeness (QED) is 0.912. The number of nitrogens with zero attached hydrogens (tertiary/aromatic N) is 5. The summed E-state index contributed by atoms with van der Waals surface area (Å²) < 4.78 is 1.91. The Morgan fingerprint density at radius 1 is 1.36 bits per heavy atom. The minimum atomic E-state index is -0.238. The van der Waals surface area contributed by atoms with Crippen LogP contribution in [0.3, 0.4) is 0 Å². The second kappa shape index (κ2) is 5.75. The van der Waals surface area contributed by atoms with E-state index in [-0.39, 0.29) is 5.91 Å². The Balaban J connectivity index is 1.78. The van der Waals surface area contributed by atoms with Gasteiger partial charge in [-0.05, 0) is 25.8 Å². The highest BCUT2D eigenvalue weighted by Gasteiger charge is 2.28. The molecule has 2 aromatic heterocycles. The summed E-state index contributed by atoms with van der Waals surface area (Å²) in [7, 11) is 3.78. The molecule has 0 unspecified atom stereocenters. The zero-order valence-electron chi connectivity index (χ0n) is 13.1. The second-order valence-corrected chi connectivity index (χ2v) is 5.65. The Kier molecular flexibility index (Phi) is 3.79. The first-order valence-electron chi connectivity index (χ1n) is 7.47. The summed E-state index contributed by atoms with van der Waals surface area (Å²) in [4.78, 5) is 22.4. The fraction of sp³-hybridized carbons (Fsp3) is 0.467. The summed E-state index contributed by atoms with van der Waals surface area (Å²) in [6.45, 7) is 2.81. The number of rotatable bonds is 5. The number of anilines is 2. The van der Waals surface area contributed by atoms with Crippen LogP contribution in [0.5, 0.6) is 0 Å². The summed E-state index contributed by atoms with van der Waals surface area (Å²) >= 11 is 0. The maximum atomic E-state index is 12.4. The molecule has 1 amide bonds. The van der Waals surface area contributed by atoms with E-state index < -0.39 is 0 Å². The van der Waals surface area contributed by atoms with E-state index in [0.29, 0.717) is 17.4 Å². The van der Waals surface area contributed by atoms with Gasteiger partial charge in [-0.25, -0.2) is 9.97 Å². The topological polar surface area (TPSA) is 75.9 Å². The molecule has 1 aliphatic carbocycles. The average Bonchev–Trinajstić information content (AvgIpc) is 3.26. The number of carbonyl (C=O) groups is 1. The second-order valence-electron chi connectivity index (χ2n) is 5.65. The lowest BCUT2D eigenvalue weighted by Gasteiger charge is -2.11. The van der Waals surface area contributed by atoms with Crippen molar-refractivity contribution < 1.29 is 4.79 Å². The molecule has 1 fully saturated rings. The highest BCUT2D eigenvalue weighted by Crippen LogP contribution is 2.40. The van der Waals surface area contributed by atoms with Crippen molar-refractivity contribution >= 4 is 17.5 Å². The maximum Gasteiger partial charge on any atom is 0.277 e. The highest BCUT2D eigenvalue weighted by molar-refractivity contribution is 6.02. The van der Waals surface area contributed by atoms with Gasteiger partial charge in [0, 0.05) is 38.3 Å². The molecule has 0 atom stereocenters. The van der Waals surface area contributed by atoms with Gasteiger partial charge in [0.05, 0.1) is 0 Å².